The SMILES string of the molecule is O=C(C1CCCN(c2ccccc2)C1=O)N1CC(c2cc(CO)on2)C1. The summed E-state index contributed by atoms with van der Waals surface area (Å²) in [5.41, 5.74) is 1.59. The van der Waals surface area contributed by atoms with Crippen molar-refractivity contribution in [2.24, 2.45) is 5.92 Å². The number of rotatable bonds is 4. The fraction of sp³-hybridized carbons (Fsp3) is 0.421. The van der Waals surface area contributed by atoms with Crippen molar-refractivity contribution in [1.29, 1.82) is 0 Å². The summed E-state index contributed by atoms with van der Waals surface area (Å²) >= 11 is 0. The van der Waals surface area contributed by atoms with Crippen molar-refractivity contribution < 1.29 is 19.2 Å². The Bertz CT molecular complexity index is 798. The smallest absolute Gasteiger partial charge is 0.239 e. The number of hydrogen-bond acceptors (Lipinski definition) is 5. The van der Waals surface area contributed by atoms with Gasteiger partial charge in [-0.3, -0.25) is 9.59 Å². The zero-order valence-electron chi connectivity index (χ0n) is 14.4. The number of carbonyl (C=O) groups is 2. The molecular weight excluding hydrogens is 334 g/mol. The Morgan fingerprint density at radius 3 is 2.73 bits per heavy atom. The van der Waals surface area contributed by atoms with E-state index >= 15 is 0 Å². The first-order valence-corrected chi connectivity index (χ1v) is 8.89. The third-order valence-electron chi connectivity index (χ3n) is 5.15. The van der Waals surface area contributed by atoms with Crippen LogP contribution in [0.5, 0.6) is 0 Å². The molecule has 7 nitrogen and oxygen atoms in total. The fourth-order valence-corrected chi connectivity index (χ4v) is 3.63. The van der Waals surface area contributed by atoms with E-state index in [0.717, 1.165) is 17.8 Å². The summed E-state index contributed by atoms with van der Waals surface area (Å²) in [5.74, 6) is -0.287. The second-order valence-electron chi connectivity index (χ2n) is 6.84. The molecule has 4 rings (SSSR count). The number of amides is 2. The maximum atomic E-state index is 12.8. The monoisotopic (exact) mass is 355 g/mol. The molecule has 0 aliphatic carbocycles. The molecule has 2 aliphatic heterocycles. The number of anilines is 1. The van der Waals surface area contributed by atoms with Gasteiger partial charge in [0.1, 0.15) is 12.5 Å². The van der Waals surface area contributed by atoms with Crippen LogP contribution >= 0.6 is 0 Å². The fourth-order valence-electron chi connectivity index (χ4n) is 3.63. The van der Waals surface area contributed by atoms with Crippen LogP contribution in [0.3, 0.4) is 0 Å². The average Bonchev–Trinajstić information content (AvgIpc) is 3.10. The Labute approximate surface area is 151 Å². The van der Waals surface area contributed by atoms with Gasteiger partial charge in [0.25, 0.3) is 0 Å². The van der Waals surface area contributed by atoms with Gasteiger partial charge in [-0.1, -0.05) is 23.4 Å². The minimum Gasteiger partial charge on any atom is -0.388 e. The van der Waals surface area contributed by atoms with Crippen molar-refractivity contribution in [2.75, 3.05) is 24.5 Å². The zero-order chi connectivity index (χ0) is 18.1. The topological polar surface area (TPSA) is 86.9 Å². The normalized spacial score (nSPS) is 21.0. The van der Waals surface area contributed by atoms with E-state index in [1.165, 1.54) is 0 Å². The molecule has 0 spiro atoms. The molecule has 26 heavy (non-hydrogen) atoms. The number of likely N-dealkylation sites (tertiary alicyclic amines) is 1. The van der Waals surface area contributed by atoms with Gasteiger partial charge in [0, 0.05) is 37.3 Å². The summed E-state index contributed by atoms with van der Waals surface area (Å²) in [4.78, 5) is 29.1. The van der Waals surface area contributed by atoms with Crippen LogP contribution in [0.2, 0.25) is 0 Å². The predicted octanol–water partition coefficient (Wildman–Crippen LogP) is 1.54. The Kier molecular flexibility index (Phi) is 4.46. The first-order valence-electron chi connectivity index (χ1n) is 8.89. The molecule has 0 radical (unpaired) electrons. The Morgan fingerprint density at radius 2 is 2.04 bits per heavy atom. The van der Waals surface area contributed by atoms with Crippen LogP contribution < -0.4 is 4.90 Å². The van der Waals surface area contributed by atoms with Crippen LogP contribution in [0.4, 0.5) is 5.69 Å². The van der Waals surface area contributed by atoms with Gasteiger partial charge in [0.15, 0.2) is 5.76 Å². The number of aromatic nitrogens is 1. The van der Waals surface area contributed by atoms with E-state index in [2.05, 4.69) is 5.16 Å². The second-order valence-corrected chi connectivity index (χ2v) is 6.84. The van der Waals surface area contributed by atoms with E-state index in [9.17, 15) is 9.59 Å². The van der Waals surface area contributed by atoms with Crippen molar-refractivity contribution in [2.45, 2.75) is 25.4 Å². The molecule has 2 aliphatic rings. The minimum atomic E-state index is -0.602. The lowest BCUT2D eigenvalue weighted by Gasteiger charge is -2.41. The number of aliphatic hydroxyl groups is 1. The molecule has 1 atom stereocenters. The number of carbonyl (C=O) groups excluding carboxylic acids is 2. The van der Waals surface area contributed by atoms with Crippen LogP contribution in [-0.4, -0.2) is 46.6 Å². The molecular formula is C19H21N3O4. The predicted molar refractivity (Wildman–Crippen MR) is 93.3 cm³/mol. The maximum absolute atomic E-state index is 12.8. The van der Waals surface area contributed by atoms with E-state index in [1.54, 1.807) is 15.9 Å². The van der Waals surface area contributed by atoms with Gasteiger partial charge < -0.3 is 19.4 Å². The third-order valence-corrected chi connectivity index (χ3v) is 5.15. The molecule has 2 aromatic rings. The Hall–Kier alpha value is -2.67. The largest absolute Gasteiger partial charge is 0.388 e. The summed E-state index contributed by atoms with van der Waals surface area (Å²) in [5, 5.41) is 13.0. The van der Waals surface area contributed by atoms with Crippen LogP contribution in [-0.2, 0) is 16.2 Å². The molecule has 1 N–H and O–H groups in total. The molecule has 1 aromatic heterocycles. The van der Waals surface area contributed by atoms with Crippen LogP contribution in [0.15, 0.2) is 40.9 Å². The summed E-state index contributed by atoms with van der Waals surface area (Å²) in [6, 6.07) is 11.2. The maximum Gasteiger partial charge on any atom is 0.239 e. The lowest BCUT2D eigenvalue weighted by Crippen LogP contribution is -2.55. The standard InChI is InChI=1S/C19H21N3O4/c23-12-15-9-17(20-26-15)13-10-21(11-13)18(24)16-7-4-8-22(19(16)25)14-5-2-1-3-6-14/h1-3,5-6,9,13,16,23H,4,7-8,10-12H2. The quantitative estimate of drug-likeness (QED) is 0.841. The number of hydrogen-bond donors (Lipinski definition) is 1. The number of nitrogens with zero attached hydrogens (tertiary/aromatic N) is 3. The first kappa shape index (κ1) is 16.8. The van der Waals surface area contributed by atoms with Crippen molar-refractivity contribution in [1.82, 2.24) is 10.1 Å². The highest BCUT2D eigenvalue weighted by atomic mass is 16.5. The Balaban J connectivity index is 1.40. The Morgan fingerprint density at radius 1 is 1.27 bits per heavy atom. The summed E-state index contributed by atoms with van der Waals surface area (Å²) in [6.07, 6.45) is 1.41. The third kappa shape index (κ3) is 2.99. The van der Waals surface area contributed by atoms with E-state index < -0.39 is 5.92 Å². The lowest BCUT2D eigenvalue weighted by molar-refractivity contribution is -0.146. The van der Waals surface area contributed by atoms with Crippen LogP contribution in [0, 0.1) is 5.92 Å². The van der Waals surface area contributed by atoms with Gasteiger partial charge in [0.05, 0.1) is 5.69 Å². The highest BCUT2D eigenvalue weighted by Crippen LogP contribution is 2.31. The molecule has 1 aromatic carbocycles. The van der Waals surface area contributed by atoms with E-state index in [4.69, 9.17) is 9.63 Å². The van der Waals surface area contributed by atoms with Crippen molar-refractivity contribution in [3.63, 3.8) is 0 Å². The molecule has 7 heteroatoms. The van der Waals surface area contributed by atoms with E-state index in [-0.39, 0.29) is 24.3 Å². The average molecular weight is 355 g/mol. The van der Waals surface area contributed by atoms with E-state index in [0.29, 0.717) is 31.8 Å². The van der Waals surface area contributed by atoms with E-state index in [1.807, 2.05) is 30.3 Å². The number of aliphatic hydroxyl groups excluding tert-OH is 1. The van der Waals surface area contributed by atoms with Crippen molar-refractivity contribution >= 4 is 17.5 Å². The lowest BCUT2D eigenvalue weighted by atomic mass is 9.90. The molecule has 1 unspecified atom stereocenters. The number of para-hydroxylation sites is 1. The molecule has 2 amide bonds. The highest BCUT2D eigenvalue weighted by Gasteiger charge is 2.42. The molecule has 0 bridgehead atoms. The highest BCUT2D eigenvalue weighted by molar-refractivity contribution is 6.08. The van der Waals surface area contributed by atoms with Crippen LogP contribution in [0.1, 0.15) is 30.2 Å². The van der Waals surface area contributed by atoms with Gasteiger partial charge in [-0.05, 0) is 25.0 Å². The molecule has 2 fully saturated rings. The zero-order valence-corrected chi connectivity index (χ0v) is 14.4. The van der Waals surface area contributed by atoms with Crippen molar-refractivity contribution in [3.8, 4) is 0 Å². The summed E-state index contributed by atoms with van der Waals surface area (Å²) < 4.78 is 5.00. The minimum absolute atomic E-state index is 0.0993. The van der Waals surface area contributed by atoms with Gasteiger partial charge in [0.2, 0.25) is 11.8 Å². The summed E-state index contributed by atoms with van der Waals surface area (Å²) in [6.45, 7) is 1.53. The molecule has 0 saturated carbocycles. The molecule has 3 heterocycles. The van der Waals surface area contributed by atoms with Crippen LogP contribution in [0.25, 0.3) is 0 Å². The first-order chi connectivity index (χ1) is 12.7. The molecule has 136 valence electrons. The van der Waals surface area contributed by atoms with Gasteiger partial charge in [-0.2, -0.15) is 0 Å². The van der Waals surface area contributed by atoms with Gasteiger partial charge >= 0.3 is 0 Å². The van der Waals surface area contributed by atoms with Gasteiger partial charge in [-0.25, -0.2) is 0 Å². The van der Waals surface area contributed by atoms with Gasteiger partial charge in [-0.15, -0.1) is 0 Å². The second kappa shape index (κ2) is 6.92. The van der Waals surface area contributed by atoms with Crippen molar-refractivity contribution in [3.05, 3.63) is 47.9 Å². The number of piperidine rings is 1. The molecule has 2 saturated heterocycles. The number of benzene rings is 1. The summed E-state index contributed by atoms with van der Waals surface area (Å²) in [7, 11) is 0.